The standard InChI is InChI=1S/C37H32N2O5/c1-22(2)44-27-18-14-24(15-19-27)33(40)31-32(34(41)25-12-16-26(43-3)17-13-25)39-21-20-23-8-4-5-9-28(23)35(39)37(31)29-10-6-7-11-30(29)38-36(37)42/h4-22,31-32,35H,1-3H3,(H,38,42)/t31-,32+,35-,37-/m1/s1. The van der Waals surface area contributed by atoms with Crippen LogP contribution in [0.2, 0.25) is 0 Å². The smallest absolute Gasteiger partial charge is 0.238 e. The molecule has 0 bridgehead atoms. The van der Waals surface area contributed by atoms with E-state index in [1.807, 2.05) is 79.6 Å². The first kappa shape index (κ1) is 27.7. The number of amides is 1. The summed E-state index contributed by atoms with van der Waals surface area (Å²) in [6, 6.07) is 27.7. The van der Waals surface area contributed by atoms with Crippen LogP contribution in [0.4, 0.5) is 5.69 Å². The molecule has 220 valence electrons. The Morgan fingerprint density at radius 2 is 1.45 bits per heavy atom. The molecule has 7 nitrogen and oxygen atoms in total. The number of ether oxygens (including phenoxy) is 2. The van der Waals surface area contributed by atoms with Crippen LogP contribution in [0.25, 0.3) is 6.08 Å². The van der Waals surface area contributed by atoms with E-state index in [0.717, 1.165) is 11.1 Å². The zero-order valence-electron chi connectivity index (χ0n) is 24.7. The summed E-state index contributed by atoms with van der Waals surface area (Å²) in [5.74, 6) is -0.592. The van der Waals surface area contributed by atoms with Crippen molar-refractivity contribution in [2.75, 3.05) is 12.4 Å². The Morgan fingerprint density at radius 1 is 0.818 bits per heavy atom. The lowest BCUT2D eigenvalue weighted by atomic mass is 9.62. The molecule has 1 N–H and O–H groups in total. The molecule has 4 aromatic carbocycles. The van der Waals surface area contributed by atoms with Gasteiger partial charge in [0, 0.05) is 23.0 Å². The largest absolute Gasteiger partial charge is 0.497 e. The highest BCUT2D eigenvalue weighted by Gasteiger charge is 2.70. The van der Waals surface area contributed by atoms with Gasteiger partial charge in [-0.3, -0.25) is 14.4 Å². The van der Waals surface area contributed by atoms with E-state index < -0.39 is 23.4 Å². The maximum absolute atomic E-state index is 15.0. The number of anilines is 1. The molecule has 0 unspecified atom stereocenters. The van der Waals surface area contributed by atoms with Gasteiger partial charge in [-0.25, -0.2) is 0 Å². The maximum Gasteiger partial charge on any atom is 0.238 e. The number of benzene rings is 4. The lowest BCUT2D eigenvalue weighted by Gasteiger charge is -2.38. The summed E-state index contributed by atoms with van der Waals surface area (Å²) < 4.78 is 11.2. The van der Waals surface area contributed by atoms with Gasteiger partial charge in [0.15, 0.2) is 11.6 Å². The van der Waals surface area contributed by atoms with Gasteiger partial charge in [0.2, 0.25) is 5.91 Å². The number of carbonyl (C=O) groups is 3. The van der Waals surface area contributed by atoms with Crippen LogP contribution >= 0.6 is 0 Å². The topological polar surface area (TPSA) is 84.9 Å². The fraction of sp³-hybridized carbons (Fsp3) is 0.216. The number of carbonyl (C=O) groups excluding carboxylic acids is 3. The molecule has 1 spiro atoms. The number of methoxy groups -OCH3 is 1. The molecule has 0 radical (unpaired) electrons. The number of rotatable bonds is 7. The normalized spacial score (nSPS) is 22.8. The average Bonchev–Trinajstić information content (AvgIpc) is 3.52. The first-order valence-electron chi connectivity index (χ1n) is 14.8. The van der Waals surface area contributed by atoms with E-state index in [1.54, 1.807) is 55.6 Å². The van der Waals surface area contributed by atoms with Gasteiger partial charge < -0.3 is 19.7 Å². The summed E-state index contributed by atoms with van der Waals surface area (Å²) in [5, 5.41) is 3.09. The van der Waals surface area contributed by atoms with E-state index in [9.17, 15) is 14.4 Å². The Balaban J connectivity index is 1.47. The third-order valence-electron chi connectivity index (χ3n) is 9.01. The van der Waals surface area contributed by atoms with Crippen molar-refractivity contribution in [1.29, 1.82) is 0 Å². The van der Waals surface area contributed by atoms with Crippen LogP contribution in [-0.2, 0) is 10.2 Å². The van der Waals surface area contributed by atoms with Crippen molar-refractivity contribution in [1.82, 2.24) is 4.90 Å². The van der Waals surface area contributed by atoms with Gasteiger partial charge in [0.05, 0.1) is 25.2 Å². The molecule has 3 aliphatic heterocycles. The summed E-state index contributed by atoms with van der Waals surface area (Å²) in [5.41, 5.74) is 2.67. The molecule has 3 heterocycles. The van der Waals surface area contributed by atoms with Gasteiger partial charge >= 0.3 is 0 Å². The predicted molar refractivity (Wildman–Crippen MR) is 168 cm³/mol. The van der Waals surface area contributed by atoms with Crippen molar-refractivity contribution in [3.63, 3.8) is 0 Å². The van der Waals surface area contributed by atoms with Crippen LogP contribution in [0.3, 0.4) is 0 Å². The quantitative estimate of drug-likeness (QED) is 0.251. The number of Topliss-reactive ketones (excluding diaryl/α,β-unsaturated/α-hetero) is 2. The Bertz CT molecular complexity index is 1810. The molecule has 7 heteroatoms. The molecule has 0 aliphatic carbocycles. The molecule has 7 rings (SSSR count). The zero-order chi connectivity index (χ0) is 30.6. The Morgan fingerprint density at radius 3 is 2.16 bits per heavy atom. The third-order valence-corrected chi connectivity index (χ3v) is 9.01. The fourth-order valence-corrected chi connectivity index (χ4v) is 7.24. The molecule has 1 fully saturated rings. The van der Waals surface area contributed by atoms with Crippen LogP contribution in [-0.4, -0.2) is 41.6 Å². The predicted octanol–water partition coefficient (Wildman–Crippen LogP) is 6.46. The second-order valence-corrected chi connectivity index (χ2v) is 11.7. The highest BCUT2D eigenvalue weighted by molar-refractivity contribution is 6.16. The monoisotopic (exact) mass is 584 g/mol. The molecule has 3 aliphatic rings. The van der Waals surface area contributed by atoms with Gasteiger partial charge in [0.25, 0.3) is 0 Å². The van der Waals surface area contributed by atoms with Crippen molar-refractivity contribution >= 4 is 29.2 Å². The van der Waals surface area contributed by atoms with Gasteiger partial charge in [-0.1, -0.05) is 42.5 Å². The number of para-hydroxylation sites is 1. The first-order valence-corrected chi connectivity index (χ1v) is 14.8. The second kappa shape index (κ2) is 10.5. The maximum atomic E-state index is 15.0. The number of ketones is 2. The van der Waals surface area contributed by atoms with Crippen molar-refractivity contribution in [3.8, 4) is 11.5 Å². The van der Waals surface area contributed by atoms with Crippen LogP contribution in [0, 0.1) is 5.92 Å². The van der Waals surface area contributed by atoms with Crippen LogP contribution in [0.5, 0.6) is 11.5 Å². The van der Waals surface area contributed by atoms with Gasteiger partial charge in [0.1, 0.15) is 23.0 Å². The Hall–Kier alpha value is -5.17. The third kappa shape index (κ3) is 4.07. The minimum absolute atomic E-state index is 0.0254. The molecule has 44 heavy (non-hydrogen) atoms. The molecule has 4 aromatic rings. The second-order valence-electron chi connectivity index (χ2n) is 11.7. The van der Waals surface area contributed by atoms with Crippen molar-refractivity contribution in [2.24, 2.45) is 5.92 Å². The molecule has 1 saturated heterocycles. The first-order chi connectivity index (χ1) is 21.3. The highest BCUT2D eigenvalue weighted by atomic mass is 16.5. The fourth-order valence-electron chi connectivity index (χ4n) is 7.24. The summed E-state index contributed by atoms with van der Waals surface area (Å²) in [6.45, 7) is 3.88. The van der Waals surface area contributed by atoms with E-state index in [4.69, 9.17) is 9.47 Å². The summed E-state index contributed by atoms with van der Waals surface area (Å²) in [7, 11) is 1.57. The lowest BCUT2D eigenvalue weighted by molar-refractivity contribution is -0.122. The minimum Gasteiger partial charge on any atom is -0.497 e. The zero-order valence-corrected chi connectivity index (χ0v) is 24.7. The van der Waals surface area contributed by atoms with Crippen LogP contribution in [0.15, 0.2) is 103 Å². The molecule has 1 amide bonds. The van der Waals surface area contributed by atoms with E-state index >= 15 is 0 Å². The number of hydrogen-bond donors (Lipinski definition) is 1. The lowest BCUT2D eigenvalue weighted by Crippen LogP contribution is -2.49. The molecular weight excluding hydrogens is 552 g/mol. The summed E-state index contributed by atoms with van der Waals surface area (Å²) >= 11 is 0. The van der Waals surface area contributed by atoms with Crippen molar-refractivity contribution < 1.29 is 23.9 Å². The number of nitrogens with one attached hydrogen (secondary N) is 1. The van der Waals surface area contributed by atoms with E-state index in [1.165, 1.54) is 0 Å². The van der Waals surface area contributed by atoms with Gasteiger partial charge in [-0.2, -0.15) is 0 Å². The number of nitrogens with zero attached hydrogens (tertiary/aromatic N) is 1. The number of hydrogen-bond acceptors (Lipinski definition) is 6. The van der Waals surface area contributed by atoms with Crippen LogP contribution < -0.4 is 14.8 Å². The average molecular weight is 585 g/mol. The molecule has 0 aromatic heterocycles. The van der Waals surface area contributed by atoms with Crippen LogP contribution in [0.1, 0.15) is 57.3 Å². The van der Waals surface area contributed by atoms with Gasteiger partial charge in [-0.05, 0) is 91.2 Å². The Kier molecular flexibility index (Phi) is 6.61. The summed E-state index contributed by atoms with van der Waals surface area (Å²) in [6.07, 6.45) is 3.81. The SMILES string of the molecule is COc1ccc(C(=O)[C@@H]2[C@H](C(=O)c3ccc(OC(C)C)cc3)[C@@]3(C(=O)Nc4ccccc43)[C@H]3c4ccccc4C=CN23)cc1. The van der Waals surface area contributed by atoms with Crippen molar-refractivity contribution in [2.45, 2.75) is 37.5 Å². The summed E-state index contributed by atoms with van der Waals surface area (Å²) in [4.78, 5) is 46.1. The number of fused-ring (bicyclic) bond motifs is 6. The molecule has 0 saturated carbocycles. The molecular formula is C37H32N2O5. The van der Waals surface area contributed by atoms with E-state index in [2.05, 4.69) is 5.32 Å². The van der Waals surface area contributed by atoms with Gasteiger partial charge in [-0.15, -0.1) is 0 Å². The Labute approximate surface area is 256 Å². The van der Waals surface area contributed by atoms with E-state index in [0.29, 0.717) is 33.9 Å². The van der Waals surface area contributed by atoms with E-state index in [-0.39, 0.29) is 23.6 Å². The van der Waals surface area contributed by atoms with Crippen molar-refractivity contribution in [3.05, 3.63) is 131 Å². The molecule has 4 atom stereocenters. The highest BCUT2D eigenvalue weighted by Crippen LogP contribution is 2.62. The minimum atomic E-state index is -1.38.